The molecule has 0 spiro atoms. The number of benzene rings is 1. The first-order valence-electron chi connectivity index (χ1n) is 7.42. The minimum absolute atomic E-state index is 0.155. The monoisotopic (exact) mass is 262 g/mol. The maximum absolute atomic E-state index is 6.28. The summed E-state index contributed by atoms with van der Waals surface area (Å²) in [7, 11) is 0. The molecule has 0 saturated carbocycles. The van der Waals surface area contributed by atoms with Crippen LogP contribution in [0.15, 0.2) is 18.2 Å². The molecule has 1 heterocycles. The Labute approximate surface area is 116 Å². The van der Waals surface area contributed by atoms with Crippen LogP contribution in [0.25, 0.3) is 0 Å². The summed E-state index contributed by atoms with van der Waals surface area (Å²) >= 11 is 0. The molecule has 1 aliphatic heterocycles. The maximum atomic E-state index is 6.28. The van der Waals surface area contributed by atoms with Gasteiger partial charge in [0.1, 0.15) is 5.75 Å². The molecule has 2 N–H and O–H groups in total. The summed E-state index contributed by atoms with van der Waals surface area (Å²) < 4.78 is 5.78. The molecule has 3 heteroatoms. The van der Waals surface area contributed by atoms with Crippen molar-refractivity contribution in [1.29, 1.82) is 0 Å². The summed E-state index contributed by atoms with van der Waals surface area (Å²) in [6.07, 6.45) is 4.00. The standard InChI is InChI=1S/C16H26N2O/c1-4-13-7-6-10-18(11-13)14-8-5-9-15(16(14)17)19-12(2)3/h5,8-9,12-13H,4,6-7,10-11,17H2,1-3H3. The van der Waals surface area contributed by atoms with Crippen molar-refractivity contribution >= 4 is 11.4 Å². The van der Waals surface area contributed by atoms with E-state index in [1.54, 1.807) is 0 Å². The predicted octanol–water partition coefficient (Wildman–Crippen LogP) is 3.68. The highest BCUT2D eigenvalue weighted by molar-refractivity contribution is 5.74. The third-order valence-corrected chi connectivity index (χ3v) is 3.84. The first-order valence-corrected chi connectivity index (χ1v) is 7.42. The van der Waals surface area contributed by atoms with Gasteiger partial charge in [-0.05, 0) is 44.7 Å². The molecule has 0 aliphatic carbocycles. The van der Waals surface area contributed by atoms with Crippen LogP contribution in [-0.4, -0.2) is 19.2 Å². The summed E-state index contributed by atoms with van der Waals surface area (Å²) in [6, 6.07) is 6.11. The molecular formula is C16H26N2O. The van der Waals surface area contributed by atoms with Crippen molar-refractivity contribution in [2.24, 2.45) is 5.92 Å². The number of nitrogens with zero attached hydrogens (tertiary/aromatic N) is 1. The number of nitrogen functional groups attached to an aromatic ring is 1. The Morgan fingerprint density at radius 2 is 2.21 bits per heavy atom. The predicted molar refractivity (Wildman–Crippen MR) is 81.8 cm³/mol. The van der Waals surface area contributed by atoms with Crippen molar-refractivity contribution in [3.63, 3.8) is 0 Å². The van der Waals surface area contributed by atoms with E-state index in [2.05, 4.69) is 17.9 Å². The fourth-order valence-corrected chi connectivity index (χ4v) is 2.78. The maximum Gasteiger partial charge on any atom is 0.144 e. The lowest BCUT2D eigenvalue weighted by molar-refractivity contribution is 0.244. The van der Waals surface area contributed by atoms with E-state index in [0.717, 1.165) is 36.1 Å². The van der Waals surface area contributed by atoms with Crippen LogP contribution < -0.4 is 15.4 Å². The first kappa shape index (κ1) is 14.0. The summed E-state index contributed by atoms with van der Waals surface area (Å²) in [6.45, 7) is 8.55. The van der Waals surface area contributed by atoms with E-state index >= 15 is 0 Å². The zero-order valence-electron chi connectivity index (χ0n) is 12.4. The van der Waals surface area contributed by atoms with Crippen molar-refractivity contribution in [2.75, 3.05) is 23.7 Å². The molecule has 1 aromatic rings. The topological polar surface area (TPSA) is 38.5 Å². The molecule has 1 aliphatic rings. The fourth-order valence-electron chi connectivity index (χ4n) is 2.78. The molecule has 1 saturated heterocycles. The normalized spacial score (nSPS) is 19.8. The van der Waals surface area contributed by atoms with Crippen molar-refractivity contribution in [3.05, 3.63) is 18.2 Å². The molecule has 0 amide bonds. The molecule has 1 fully saturated rings. The van der Waals surface area contributed by atoms with Gasteiger partial charge in [-0.15, -0.1) is 0 Å². The molecule has 1 atom stereocenters. The zero-order valence-corrected chi connectivity index (χ0v) is 12.4. The van der Waals surface area contributed by atoms with Crippen LogP contribution in [0.4, 0.5) is 11.4 Å². The summed E-state index contributed by atoms with van der Waals surface area (Å²) in [5.41, 5.74) is 8.20. The number of rotatable bonds is 4. The van der Waals surface area contributed by atoms with Gasteiger partial charge in [0.2, 0.25) is 0 Å². The molecule has 0 aromatic heterocycles. The van der Waals surface area contributed by atoms with Gasteiger partial charge in [0.05, 0.1) is 17.5 Å². The van der Waals surface area contributed by atoms with Crippen LogP contribution in [0, 0.1) is 5.92 Å². The molecule has 0 radical (unpaired) electrons. The molecule has 3 nitrogen and oxygen atoms in total. The van der Waals surface area contributed by atoms with Crippen molar-refractivity contribution in [3.8, 4) is 5.75 Å². The molecule has 106 valence electrons. The molecule has 0 bridgehead atoms. The first-order chi connectivity index (χ1) is 9.11. The highest BCUT2D eigenvalue weighted by atomic mass is 16.5. The van der Waals surface area contributed by atoms with Crippen LogP contribution in [0.3, 0.4) is 0 Å². The average Bonchev–Trinajstić information content (AvgIpc) is 2.41. The average molecular weight is 262 g/mol. The van der Waals surface area contributed by atoms with E-state index in [1.165, 1.54) is 19.3 Å². The quantitative estimate of drug-likeness (QED) is 0.841. The number of nitrogens with two attached hydrogens (primary N) is 1. The second-order valence-corrected chi connectivity index (χ2v) is 5.72. The second-order valence-electron chi connectivity index (χ2n) is 5.72. The third-order valence-electron chi connectivity index (χ3n) is 3.84. The number of ether oxygens (including phenoxy) is 1. The highest BCUT2D eigenvalue weighted by Gasteiger charge is 2.21. The van der Waals surface area contributed by atoms with E-state index in [9.17, 15) is 0 Å². The van der Waals surface area contributed by atoms with Gasteiger partial charge >= 0.3 is 0 Å². The molecular weight excluding hydrogens is 236 g/mol. The Balaban J connectivity index is 2.19. The summed E-state index contributed by atoms with van der Waals surface area (Å²) in [4.78, 5) is 2.42. The fraction of sp³-hybridized carbons (Fsp3) is 0.625. The van der Waals surface area contributed by atoms with Gasteiger partial charge < -0.3 is 15.4 Å². The largest absolute Gasteiger partial charge is 0.489 e. The van der Waals surface area contributed by atoms with E-state index in [4.69, 9.17) is 10.5 Å². The smallest absolute Gasteiger partial charge is 0.144 e. The third kappa shape index (κ3) is 3.34. The van der Waals surface area contributed by atoms with Crippen LogP contribution in [0.5, 0.6) is 5.75 Å². The molecule has 2 rings (SSSR count). The van der Waals surface area contributed by atoms with Crippen LogP contribution in [0.2, 0.25) is 0 Å². The Hall–Kier alpha value is -1.38. The van der Waals surface area contributed by atoms with Gasteiger partial charge in [0.25, 0.3) is 0 Å². The second kappa shape index (κ2) is 6.18. The number of para-hydroxylation sites is 1. The van der Waals surface area contributed by atoms with Gasteiger partial charge in [-0.3, -0.25) is 0 Å². The minimum atomic E-state index is 0.155. The molecule has 1 aromatic carbocycles. The lowest BCUT2D eigenvalue weighted by atomic mass is 9.95. The SMILES string of the molecule is CCC1CCCN(c2cccc(OC(C)C)c2N)C1. The minimum Gasteiger partial charge on any atom is -0.489 e. The Morgan fingerprint density at radius 1 is 1.42 bits per heavy atom. The molecule has 19 heavy (non-hydrogen) atoms. The number of hydrogen-bond acceptors (Lipinski definition) is 3. The Morgan fingerprint density at radius 3 is 2.89 bits per heavy atom. The van der Waals surface area contributed by atoms with E-state index in [-0.39, 0.29) is 6.10 Å². The van der Waals surface area contributed by atoms with E-state index in [0.29, 0.717) is 0 Å². The lowest BCUT2D eigenvalue weighted by Crippen LogP contribution is -2.35. The number of anilines is 2. The van der Waals surface area contributed by atoms with Crippen molar-refractivity contribution < 1.29 is 4.74 Å². The Kier molecular flexibility index (Phi) is 4.56. The summed E-state index contributed by atoms with van der Waals surface area (Å²) in [5, 5.41) is 0. The van der Waals surface area contributed by atoms with Gasteiger partial charge in [0, 0.05) is 13.1 Å². The lowest BCUT2D eigenvalue weighted by Gasteiger charge is -2.35. The van der Waals surface area contributed by atoms with Crippen molar-refractivity contribution in [1.82, 2.24) is 0 Å². The van der Waals surface area contributed by atoms with Gasteiger partial charge in [-0.1, -0.05) is 19.4 Å². The zero-order chi connectivity index (χ0) is 13.8. The van der Waals surface area contributed by atoms with Crippen LogP contribution in [0.1, 0.15) is 40.0 Å². The summed E-state index contributed by atoms with van der Waals surface area (Å²) in [5.74, 6) is 1.61. The van der Waals surface area contributed by atoms with Crippen molar-refractivity contribution in [2.45, 2.75) is 46.1 Å². The highest BCUT2D eigenvalue weighted by Crippen LogP contribution is 2.35. The number of hydrogen-bond donors (Lipinski definition) is 1. The van der Waals surface area contributed by atoms with Crippen LogP contribution in [-0.2, 0) is 0 Å². The van der Waals surface area contributed by atoms with Gasteiger partial charge in [-0.2, -0.15) is 0 Å². The Bertz CT molecular complexity index is 417. The van der Waals surface area contributed by atoms with Gasteiger partial charge in [0.15, 0.2) is 0 Å². The number of piperidine rings is 1. The van der Waals surface area contributed by atoms with E-state index < -0.39 is 0 Å². The van der Waals surface area contributed by atoms with Crippen LogP contribution >= 0.6 is 0 Å². The van der Waals surface area contributed by atoms with E-state index in [1.807, 2.05) is 26.0 Å². The van der Waals surface area contributed by atoms with Gasteiger partial charge in [-0.25, -0.2) is 0 Å². The molecule has 1 unspecified atom stereocenters.